The van der Waals surface area contributed by atoms with Gasteiger partial charge in [-0.2, -0.15) is 0 Å². The molecule has 0 spiro atoms. The highest BCUT2D eigenvalue weighted by molar-refractivity contribution is 5.74. The molecule has 2 aliphatic rings. The van der Waals surface area contributed by atoms with Crippen LogP contribution in [0, 0.1) is 0 Å². The van der Waals surface area contributed by atoms with Crippen LogP contribution < -0.4 is 4.74 Å². The number of benzene rings is 1. The minimum Gasteiger partial charge on any atom is -0.464 e. The zero-order valence-corrected chi connectivity index (χ0v) is 16.1. The van der Waals surface area contributed by atoms with E-state index in [1.54, 1.807) is 0 Å². The number of hydrogen-bond acceptors (Lipinski definition) is 5. The fourth-order valence-corrected chi connectivity index (χ4v) is 4.01. The van der Waals surface area contributed by atoms with Crippen LogP contribution in [0.1, 0.15) is 43.7 Å². The highest BCUT2D eigenvalue weighted by atomic mass is 16.6. The number of fused-ring (bicyclic) bond motifs is 2. The predicted octanol–water partition coefficient (Wildman–Crippen LogP) is 4.22. The fourth-order valence-electron chi connectivity index (χ4n) is 4.01. The summed E-state index contributed by atoms with van der Waals surface area (Å²) in [5, 5.41) is 0. The van der Waals surface area contributed by atoms with Crippen molar-refractivity contribution >= 4 is 11.7 Å². The van der Waals surface area contributed by atoms with Gasteiger partial charge in [0.05, 0.1) is 12.6 Å². The van der Waals surface area contributed by atoms with E-state index in [2.05, 4.69) is 16.0 Å². The SMILES string of the molecule is CCOc1ncc(C2=CC3CCCC(C2)N3C(=O)OCc2ccccc2)cn1. The van der Waals surface area contributed by atoms with E-state index in [9.17, 15) is 4.79 Å². The lowest BCUT2D eigenvalue weighted by Crippen LogP contribution is -2.51. The smallest absolute Gasteiger partial charge is 0.410 e. The van der Waals surface area contributed by atoms with Crippen molar-refractivity contribution in [3.05, 3.63) is 59.9 Å². The van der Waals surface area contributed by atoms with E-state index in [-0.39, 0.29) is 18.2 Å². The van der Waals surface area contributed by atoms with E-state index in [1.165, 1.54) is 5.57 Å². The first-order chi connectivity index (χ1) is 13.7. The highest BCUT2D eigenvalue weighted by Crippen LogP contribution is 2.37. The zero-order valence-electron chi connectivity index (χ0n) is 16.1. The molecule has 2 aliphatic heterocycles. The largest absolute Gasteiger partial charge is 0.464 e. The van der Waals surface area contributed by atoms with E-state index >= 15 is 0 Å². The minimum atomic E-state index is -0.225. The van der Waals surface area contributed by atoms with Gasteiger partial charge in [-0.05, 0) is 43.7 Å². The summed E-state index contributed by atoms with van der Waals surface area (Å²) in [5.74, 6) is 0. The van der Waals surface area contributed by atoms with Gasteiger partial charge in [0.1, 0.15) is 6.61 Å². The number of aromatic nitrogens is 2. The Kier molecular flexibility index (Phi) is 5.55. The maximum absolute atomic E-state index is 12.8. The normalized spacial score (nSPS) is 21.0. The van der Waals surface area contributed by atoms with Crippen LogP contribution in [-0.4, -0.2) is 39.7 Å². The molecule has 0 saturated carbocycles. The summed E-state index contributed by atoms with van der Waals surface area (Å²) in [5.41, 5.74) is 3.20. The highest BCUT2D eigenvalue weighted by Gasteiger charge is 2.38. The molecule has 1 fully saturated rings. The number of rotatable bonds is 5. The minimum absolute atomic E-state index is 0.0670. The van der Waals surface area contributed by atoms with Crippen LogP contribution in [0.3, 0.4) is 0 Å². The summed E-state index contributed by atoms with van der Waals surface area (Å²) >= 11 is 0. The summed E-state index contributed by atoms with van der Waals surface area (Å²) in [4.78, 5) is 23.3. The zero-order chi connectivity index (χ0) is 19.3. The van der Waals surface area contributed by atoms with Gasteiger partial charge in [0.15, 0.2) is 0 Å². The van der Waals surface area contributed by atoms with Crippen molar-refractivity contribution in [3.8, 4) is 6.01 Å². The average Bonchev–Trinajstić information content (AvgIpc) is 2.72. The second-order valence-electron chi connectivity index (χ2n) is 7.18. The van der Waals surface area contributed by atoms with E-state index < -0.39 is 0 Å². The molecule has 2 bridgehead atoms. The fraction of sp³-hybridized carbons (Fsp3) is 0.409. The average molecular weight is 379 g/mol. The van der Waals surface area contributed by atoms with Crippen LogP contribution in [0.15, 0.2) is 48.8 Å². The van der Waals surface area contributed by atoms with Crippen LogP contribution in [0.4, 0.5) is 4.79 Å². The van der Waals surface area contributed by atoms with Crippen LogP contribution in [0.25, 0.3) is 5.57 Å². The van der Waals surface area contributed by atoms with Crippen molar-refractivity contribution in [1.82, 2.24) is 14.9 Å². The summed E-state index contributed by atoms with van der Waals surface area (Å²) in [7, 11) is 0. The molecule has 1 saturated heterocycles. The van der Waals surface area contributed by atoms with E-state index in [4.69, 9.17) is 9.47 Å². The molecule has 4 rings (SSSR count). The van der Waals surface area contributed by atoms with Gasteiger partial charge in [-0.3, -0.25) is 4.90 Å². The van der Waals surface area contributed by atoms with Gasteiger partial charge in [-0.15, -0.1) is 0 Å². The Bertz CT molecular complexity index is 836. The molecular formula is C22H25N3O3. The summed E-state index contributed by atoms with van der Waals surface area (Å²) in [6.45, 7) is 2.76. The maximum Gasteiger partial charge on any atom is 0.410 e. The van der Waals surface area contributed by atoms with Gasteiger partial charge in [0, 0.05) is 24.0 Å². The van der Waals surface area contributed by atoms with E-state index in [1.807, 2.05) is 54.5 Å². The Balaban J connectivity index is 1.47. The van der Waals surface area contributed by atoms with Gasteiger partial charge in [0.2, 0.25) is 0 Å². The second kappa shape index (κ2) is 8.42. The summed E-state index contributed by atoms with van der Waals surface area (Å²) in [6, 6.07) is 10.4. The van der Waals surface area contributed by atoms with Gasteiger partial charge >= 0.3 is 12.1 Å². The lowest BCUT2D eigenvalue weighted by atomic mass is 9.83. The Hall–Kier alpha value is -2.89. The Morgan fingerprint density at radius 3 is 2.68 bits per heavy atom. The first kappa shape index (κ1) is 18.5. The second-order valence-corrected chi connectivity index (χ2v) is 7.18. The summed E-state index contributed by atoms with van der Waals surface area (Å²) in [6.07, 6.45) is 9.45. The van der Waals surface area contributed by atoms with Crippen LogP contribution >= 0.6 is 0 Å². The molecule has 0 N–H and O–H groups in total. The number of ether oxygens (including phenoxy) is 2. The van der Waals surface area contributed by atoms with E-state index in [0.29, 0.717) is 19.2 Å². The number of hydrogen-bond donors (Lipinski definition) is 0. The maximum atomic E-state index is 12.8. The Labute approximate surface area is 165 Å². The molecule has 0 radical (unpaired) electrons. The Morgan fingerprint density at radius 1 is 1.18 bits per heavy atom. The van der Waals surface area contributed by atoms with Crippen molar-refractivity contribution in [2.24, 2.45) is 0 Å². The quantitative estimate of drug-likeness (QED) is 0.778. The van der Waals surface area contributed by atoms with E-state index in [0.717, 1.165) is 36.8 Å². The van der Waals surface area contributed by atoms with Gasteiger partial charge < -0.3 is 9.47 Å². The first-order valence-electron chi connectivity index (χ1n) is 9.89. The number of carbonyl (C=O) groups excluding carboxylic acids is 1. The van der Waals surface area contributed by atoms with Crippen molar-refractivity contribution < 1.29 is 14.3 Å². The number of nitrogens with zero attached hydrogens (tertiary/aromatic N) is 3. The van der Waals surface area contributed by atoms with Gasteiger partial charge in [0.25, 0.3) is 0 Å². The first-order valence-corrected chi connectivity index (χ1v) is 9.89. The van der Waals surface area contributed by atoms with Crippen molar-refractivity contribution in [1.29, 1.82) is 0 Å². The lowest BCUT2D eigenvalue weighted by molar-refractivity contribution is 0.0510. The Morgan fingerprint density at radius 2 is 1.96 bits per heavy atom. The van der Waals surface area contributed by atoms with Gasteiger partial charge in [-0.25, -0.2) is 14.8 Å². The molecule has 3 heterocycles. The molecular weight excluding hydrogens is 354 g/mol. The third-order valence-electron chi connectivity index (χ3n) is 5.33. The third kappa shape index (κ3) is 4.01. The molecule has 1 aromatic heterocycles. The molecule has 2 aromatic rings. The van der Waals surface area contributed by atoms with Crippen molar-refractivity contribution in [2.45, 2.75) is 51.3 Å². The predicted molar refractivity (Wildman–Crippen MR) is 106 cm³/mol. The number of carbonyl (C=O) groups is 1. The van der Waals surface area contributed by atoms with Crippen molar-refractivity contribution in [3.63, 3.8) is 0 Å². The third-order valence-corrected chi connectivity index (χ3v) is 5.33. The molecule has 2 atom stereocenters. The molecule has 2 unspecified atom stereocenters. The van der Waals surface area contributed by atoms with Crippen LogP contribution in [0.2, 0.25) is 0 Å². The standard InChI is InChI=1S/C22H25N3O3/c1-2-27-21-23-13-18(14-24-21)17-11-19-9-6-10-20(12-17)25(19)22(26)28-15-16-7-4-3-5-8-16/h3-5,7-8,11,13-14,19-20H,2,6,9-10,12,15H2,1H3. The van der Waals surface area contributed by atoms with Crippen LogP contribution in [-0.2, 0) is 11.3 Å². The molecule has 28 heavy (non-hydrogen) atoms. The van der Waals surface area contributed by atoms with Crippen LogP contribution in [0.5, 0.6) is 6.01 Å². The molecule has 146 valence electrons. The monoisotopic (exact) mass is 379 g/mol. The molecule has 1 aromatic carbocycles. The molecule has 0 aliphatic carbocycles. The topological polar surface area (TPSA) is 64.5 Å². The molecule has 1 amide bonds. The molecule has 6 heteroatoms. The molecule has 6 nitrogen and oxygen atoms in total. The lowest BCUT2D eigenvalue weighted by Gasteiger charge is -2.44. The number of amides is 1. The summed E-state index contributed by atoms with van der Waals surface area (Å²) < 4.78 is 10.9. The van der Waals surface area contributed by atoms with Gasteiger partial charge in [-0.1, -0.05) is 36.4 Å². The number of piperidine rings is 1. The van der Waals surface area contributed by atoms with Crippen molar-refractivity contribution in [2.75, 3.05) is 6.61 Å².